The van der Waals surface area contributed by atoms with E-state index in [9.17, 15) is 5.11 Å². The largest absolute Gasteiger partial charge is 0.504 e. The predicted molar refractivity (Wildman–Crippen MR) is 99.2 cm³/mol. The van der Waals surface area contributed by atoms with E-state index in [2.05, 4.69) is 41.4 Å². The molecule has 2 N–H and O–H groups in total. The summed E-state index contributed by atoms with van der Waals surface area (Å²) in [5, 5.41) is 13.2. The van der Waals surface area contributed by atoms with Gasteiger partial charge in [0.1, 0.15) is 0 Å². The third-order valence-electron chi connectivity index (χ3n) is 4.73. The van der Waals surface area contributed by atoms with Crippen molar-refractivity contribution in [3.63, 3.8) is 0 Å². The summed E-state index contributed by atoms with van der Waals surface area (Å²) in [6.07, 6.45) is 0. The van der Waals surface area contributed by atoms with Crippen molar-refractivity contribution >= 4 is 5.69 Å². The molecule has 1 atom stereocenters. The number of ether oxygens (including phenoxy) is 2. The summed E-state index contributed by atoms with van der Waals surface area (Å²) >= 11 is 0. The lowest BCUT2D eigenvalue weighted by atomic mass is 10.1. The van der Waals surface area contributed by atoms with Gasteiger partial charge in [-0.15, -0.1) is 0 Å². The Morgan fingerprint density at radius 2 is 1.88 bits per heavy atom. The molecule has 1 heterocycles. The van der Waals surface area contributed by atoms with Gasteiger partial charge in [-0.1, -0.05) is 18.2 Å². The van der Waals surface area contributed by atoms with Crippen LogP contribution in [0.5, 0.6) is 11.5 Å². The van der Waals surface area contributed by atoms with Gasteiger partial charge in [0.2, 0.25) is 0 Å². The highest BCUT2D eigenvalue weighted by molar-refractivity contribution is 5.47. The molecule has 0 aromatic heterocycles. The molecule has 0 radical (unpaired) electrons. The van der Waals surface area contributed by atoms with Crippen molar-refractivity contribution < 1.29 is 14.6 Å². The van der Waals surface area contributed by atoms with Crippen molar-refractivity contribution in [1.82, 2.24) is 4.90 Å². The van der Waals surface area contributed by atoms with Crippen molar-refractivity contribution in [1.29, 1.82) is 0 Å². The van der Waals surface area contributed by atoms with Crippen LogP contribution in [0, 0.1) is 0 Å². The Balaban J connectivity index is 1.58. The van der Waals surface area contributed by atoms with E-state index in [1.165, 1.54) is 5.56 Å². The minimum atomic E-state index is 0.163. The van der Waals surface area contributed by atoms with Crippen molar-refractivity contribution in [2.75, 3.05) is 38.7 Å². The Bertz CT molecular complexity index is 682. The molecule has 5 nitrogen and oxygen atoms in total. The first-order valence-corrected chi connectivity index (χ1v) is 8.69. The Hall–Kier alpha value is -2.24. The molecule has 3 rings (SSSR count). The number of rotatable bonds is 6. The average Bonchev–Trinajstić information content (AvgIpc) is 2.67. The molecule has 2 aromatic rings. The zero-order valence-electron chi connectivity index (χ0n) is 14.9. The topological polar surface area (TPSA) is 54.0 Å². The molecule has 2 aromatic carbocycles. The number of anilines is 1. The molecule has 0 amide bonds. The summed E-state index contributed by atoms with van der Waals surface area (Å²) < 4.78 is 10.5. The monoisotopic (exact) mass is 342 g/mol. The number of hydrogen-bond acceptors (Lipinski definition) is 5. The lowest BCUT2D eigenvalue weighted by Gasteiger charge is -2.32. The second-order valence-corrected chi connectivity index (χ2v) is 6.31. The van der Waals surface area contributed by atoms with E-state index in [1.807, 2.05) is 6.07 Å². The van der Waals surface area contributed by atoms with E-state index in [-0.39, 0.29) is 5.75 Å². The first-order valence-electron chi connectivity index (χ1n) is 8.69. The Morgan fingerprint density at radius 1 is 1.16 bits per heavy atom. The first kappa shape index (κ1) is 17.6. The maximum Gasteiger partial charge on any atom is 0.160 e. The van der Waals surface area contributed by atoms with Crippen molar-refractivity contribution in [2.45, 2.75) is 19.5 Å². The van der Waals surface area contributed by atoms with Crippen molar-refractivity contribution in [2.24, 2.45) is 0 Å². The van der Waals surface area contributed by atoms with Gasteiger partial charge in [-0.3, -0.25) is 4.90 Å². The zero-order chi connectivity index (χ0) is 17.6. The van der Waals surface area contributed by atoms with Crippen LogP contribution in [-0.4, -0.2) is 43.4 Å². The second-order valence-electron chi connectivity index (χ2n) is 6.31. The summed E-state index contributed by atoms with van der Waals surface area (Å²) in [5.41, 5.74) is 3.38. The van der Waals surface area contributed by atoms with Gasteiger partial charge in [-0.2, -0.15) is 0 Å². The van der Waals surface area contributed by atoms with Gasteiger partial charge in [0.25, 0.3) is 0 Å². The number of morpholine rings is 1. The number of methoxy groups -OCH3 is 1. The summed E-state index contributed by atoms with van der Waals surface area (Å²) in [5.74, 6) is 0.654. The van der Waals surface area contributed by atoms with Gasteiger partial charge in [-0.05, 0) is 42.3 Å². The fourth-order valence-electron chi connectivity index (χ4n) is 3.10. The average molecular weight is 342 g/mol. The molecule has 0 saturated carbocycles. The standard InChI is InChI=1S/C20H26N2O3/c1-15(22-9-11-25-12-10-22)17-4-6-18(7-5-17)21-14-16-3-8-20(24-2)19(23)13-16/h3-8,13,15,21,23H,9-12,14H2,1-2H3. The van der Waals surface area contributed by atoms with Gasteiger partial charge in [-0.25, -0.2) is 0 Å². The molecule has 0 spiro atoms. The summed E-state index contributed by atoms with van der Waals surface area (Å²) in [6.45, 7) is 6.51. The van der Waals surface area contributed by atoms with Crippen LogP contribution in [0.1, 0.15) is 24.1 Å². The predicted octanol–water partition coefficient (Wildman–Crippen LogP) is 3.41. The summed E-state index contributed by atoms with van der Waals surface area (Å²) in [7, 11) is 1.55. The molecule has 1 aliphatic heterocycles. The van der Waals surface area contributed by atoms with Crippen LogP contribution in [-0.2, 0) is 11.3 Å². The fraction of sp³-hybridized carbons (Fsp3) is 0.400. The molecule has 1 fully saturated rings. The van der Waals surface area contributed by atoms with Crippen LogP contribution in [0.2, 0.25) is 0 Å². The minimum Gasteiger partial charge on any atom is -0.504 e. The zero-order valence-corrected chi connectivity index (χ0v) is 14.9. The van der Waals surface area contributed by atoms with Crippen LogP contribution >= 0.6 is 0 Å². The van der Waals surface area contributed by atoms with Crippen LogP contribution < -0.4 is 10.1 Å². The van der Waals surface area contributed by atoms with Gasteiger partial charge >= 0.3 is 0 Å². The van der Waals surface area contributed by atoms with E-state index in [0.29, 0.717) is 18.3 Å². The normalized spacial score (nSPS) is 16.4. The lowest BCUT2D eigenvalue weighted by Crippen LogP contribution is -2.37. The molecule has 25 heavy (non-hydrogen) atoms. The second kappa shape index (κ2) is 8.23. The van der Waals surface area contributed by atoms with Crippen LogP contribution in [0.15, 0.2) is 42.5 Å². The number of aromatic hydroxyl groups is 1. The third kappa shape index (κ3) is 4.44. The molecule has 1 aliphatic rings. The van der Waals surface area contributed by atoms with Crippen molar-refractivity contribution in [3.05, 3.63) is 53.6 Å². The van der Waals surface area contributed by atoms with Gasteiger partial charge in [0.15, 0.2) is 11.5 Å². The van der Waals surface area contributed by atoms with E-state index in [0.717, 1.165) is 37.6 Å². The van der Waals surface area contributed by atoms with E-state index in [1.54, 1.807) is 19.2 Å². The summed E-state index contributed by atoms with van der Waals surface area (Å²) in [6, 6.07) is 14.4. The molecule has 0 aliphatic carbocycles. The Morgan fingerprint density at radius 3 is 2.52 bits per heavy atom. The molecule has 5 heteroatoms. The first-order chi connectivity index (χ1) is 12.2. The highest BCUT2D eigenvalue weighted by Crippen LogP contribution is 2.27. The smallest absolute Gasteiger partial charge is 0.160 e. The molecular weight excluding hydrogens is 316 g/mol. The SMILES string of the molecule is COc1ccc(CNc2ccc(C(C)N3CCOCC3)cc2)cc1O. The number of phenolic OH excluding ortho intramolecular Hbond substituents is 1. The minimum absolute atomic E-state index is 0.163. The highest BCUT2D eigenvalue weighted by Gasteiger charge is 2.18. The Labute approximate surface area is 149 Å². The van der Waals surface area contributed by atoms with E-state index >= 15 is 0 Å². The van der Waals surface area contributed by atoms with Crippen LogP contribution in [0.25, 0.3) is 0 Å². The van der Waals surface area contributed by atoms with E-state index in [4.69, 9.17) is 9.47 Å². The quantitative estimate of drug-likeness (QED) is 0.843. The van der Waals surface area contributed by atoms with Gasteiger partial charge in [0, 0.05) is 31.4 Å². The summed E-state index contributed by atoms with van der Waals surface area (Å²) in [4.78, 5) is 2.45. The molecule has 0 bridgehead atoms. The lowest BCUT2D eigenvalue weighted by molar-refractivity contribution is 0.0198. The highest BCUT2D eigenvalue weighted by atomic mass is 16.5. The number of phenols is 1. The number of hydrogen-bond donors (Lipinski definition) is 2. The van der Waals surface area contributed by atoms with Gasteiger partial charge in [0.05, 0.1) is 20.3 Å². The number of nitrogens with one attached hydrogen (secondary N) is 1. The van der Waals surface area contributed by atoms with E-state index < -0.39 is 0 Å². The molecule has 1 saturated heterocycles. The van der Waals surface area contributed by atoms with Crippen LogP contribution in [0.3, 0.4) is 0 Å². The molecule has 1 unspecified atom stereocenters. The third-order valence-corrected chi connectivity index (χ3v) is 4.73. The fourth-order valence-corrected chi connectivity index (χ4v) is 3.10. The van der Waals surface area contributed by atoms with Crippen molar-refractivity contribution in [3.8, 4) is 11.5 Å². The maximum atomic E-state index is 9.84. The Kier molecular flexibility index (Phi) is 5.79. The number of nitrogens with zero attached hydrogens (tertiary/aromatic N) is 1. The van der Waals surface area contributed by atoms with Gasteiger partial charge < -0.3 is 19.9 Å². The molecular formula is C20H26N2O3. The van der Waals surface area contributed by atoms with Crippen LogP contribution in [0.4, 0.5) is 5.69 Å². The number of benzene rings is 2. The molecule has 134 valence electrons. The maximum absolute atomic E-state index is 9.84.